The molecule has 1 unspecified atom stereocenters. The number of hydrogen-bond donors (Lipinski definition) is 2. The maximum absolute atomic E-state index is 12.1. The average molecular weight is 438 g/mol. The number of nitrogens with one attached hydrogen (secondary N) is 1. The lowest BCUT2D eigenvalue weighted by atomic mass is 9.86. The normalized spacial score (nSPS) is 19.0. The molecule has 0 aliphatic carbocycles. The van der Waals surface area contributed by atoms with Crippen LogP contribution in [0.4, 0.5) is 4.79 Å². The van der Waals surface area contributed by atoms with Crippen molar-refractivity contribution in [2.24, 2.45) is 5.92 Å². The molecule has 32 heavy (non-hydrogen) atoms. The van der Waals surface area contributed by atoms with Crippen molar-refractivity contribution in [3.05, 3.63) is 59.7 Å². The molecule has 2 aliphatic rings. The average Bonchev–Trinajstić information content (AvgIpc) is 3.29. The van der Waals surface area contributed by atoms with E-state index < -0.39 is 0 Å². The first kappa shape index (κ1) is 22.0. The molecular weight excluding hydrogens is 406 g/mol. The minimum atomic E-state index is -0.334. The van der Waals surface area contributed by atoms with Crippen LogP contribution in [0.2, 0.25) is 0 Å². The molecule has 170 valence electrons. The van der Waals surface area contributed by atoms with E-state index in [2.05, 4.69) is 29.6 Å². The van der Waals surface area contributed by atoms with Crippen molar-refractivity contribution in [3.63, 3.8) is 0 Å². The van der Waals surface area contributed by atoms with Crippen LogP contribution in [0, 0.1) is 5.92 Å². The fourth-order valence-electron chi connectivity index (χ4n) is 4.70. The topological polar surface area (TPSA) is 74.3 Å². The number of carbonyl (C=O) groups is 1. The van der Waals surface area contributed by atoms with E-state index in [0.717, 1.165) is 42.0 Å². The number of benzene rings is 2. The first-order chi connectivity index (χ1) is 15.5. The summed E-state index contributed by atoms with van der Waals surface area (Å²) in [7, 11) is 4.72. The summed E-state index contributed by atoms with van der Waals surface area (Å²) in [5, 5.41) is 13.9. The summed E-state index contributed by atoms with van der Waals surface area (Å²) in [6.07, 6.45) is 2.73. The van der Waals surface area contributed by atoms with Gasteiger partial charge >= 0.3 is 6.03 Å². The summed E-state index contributed by atoms with van der Waals surface area (Å²) in [5.41, 5.74) is 4.75. The van der Waals surface area contributed by atoms with E-state index in [1.165, 1.54) is 18.2 Å². The maximum Gasteiger partial charge on any atom is 0.343 e. The number of methoxy groups -OCH3 is 2. The molecule has 4 rings (SSSR count). The number of nitrogens with zero attached hydrogens (tertiary/aromatic N) is 2. The van der Waals surface area contributed by atoms with Crippen LogP contribution in [0.1, 0.15) is 30.4 Å². The number of likely N-dealkylation sites (tertiary alicyclic amines) is 1. The van der Waals surface area contributed by atoms with Crippen LogP contribution in [-0.4, -0.2) is 61.6 Å². The number of amides is 2. The Morgan fingerprint density at radius 3 is 2.00 bits per heavy atom. The summed E-state index contributed by atoms with van der Waals surface area (Å²) in [6, 6.07) is 16.3. The second kappa shape index (κ2) is 9.53. The molecule has 2 heterocycles. The molecule has 0 spiro atoms. The molecule has 7 heteroatoms. The highest BCUT2D eigenvalue weighted by molar-refractivity contribution is 5.92. The summed E-state index contributed by atoms with van der Waals surface area (Å²) in [4.78, 5) is 13.8. The lowest BCUT2D eigenvalue weighted by molar-refractivity contribution is -0.0369. The predicted molar refractivity (Wildman–Crippen MR) is 124 cm³/mol. The van der Waals surface area contributed by atoms with E-state index in [1.807, 2.05) is 24.3 Å². The van der Waals surface area contributed by atoms with Crippen LogP contribution in [0.5, 0.6) is 11.5 Å². The predicted octanol–water partition coefficient (Wildman–Crippen LogP) is 4.09. The molecular formula is C25H31N3O4. The minimum Gasteiger partial charge on any atom is -0.497 e. The third kappa shape index (κ3) is 4.53. The Bertz CT molecular complexity index is 902. The number of ether oxygens (including phenoxy) is 2. The number of hydrogen-bond acceptors (Lipinski definition) is 5. The van der Waals surface area contributed by atoms with E-state index in [1.54, 1.807) is 19.1 Å². The van der Waals surface area contributed by atoms with Crippen LogP contribution in [0.15, 0.2) is 48.5 Å². The molecule has 2 amide bonds. The van der Waals surface area contributed by atoms with Gasteiger partial charge in [-0.05, 0) is 78.3 Å². The van der Waals surface area contributed by atoms with E-state index in [0.29, 0.717) is 30.1 Å². The van der Waals surface area contributed by atoms with E-state index in [-0.39, 0.29) is 6.03 Å². The minimum absolute atomic E-state index is 0.299. The Kier molecular flexibility index (Phi) is 6.55. The molecule has 2 aromatic rings. The zero-order valence-electron chi connectivity index (χ0n) is 18.9. The first-order valence-electron chi connectivity index (χ1n) is 11.0. The van der Waals surface area contributed by atoms with Gasteiger partial charge in [-0.15, -0.1) is 0 Å². The van der Waals surface area contributed by atoms with Crippen molar-refractivity contribution in [2.75, 3.05) is 34.4 Å². The van der Waals surface area contributed by atoms with Crippen LogP contribution in [0.3, 0.4) is 0 Å². The summed E-state index contributed by atoms with van der Waals surface area (Å²) < 4.78 is 10.7. The third-order valence-electron chi connectivity index (χ3n) is 6.53. The lowest BCUT2D eigenvalue weighted by Gasteiger charge is -2.36. The number of piperidine rings is 1. The van der Waals surface area contributed by atoms with E-state index in [9.17, 15) is 10.0 Å². The number of carbonyl (C=O) groups excluding carboxylic acids is 1. The Morgan fingerprint density at radius 1 is 0.969 bits per heavy atom. The van der Waals surface area contributed by atoms with Crippen molar-refractivity contribution >= 4 is 17.3 Å². The first-order valence-corrected chi connectivity index (χ1v) is 11.0. The van der Waals surface area contributed by atoms with Gasteiger partial charge in [0.25, 0.3) is 0 Å². The molecule has 0 saturated carbocycles. The molecule has 7 nitrogen and oxygen atoms in total. The molecule has 1 saturated heterocycles. The van der Waals surface area contributed by atoms with E-state index in [4.69, 9.17) is 9.47 Å². The van der Waals surface area contributed by atoms with Gasteiger partial charge in [-0.1, -0.05) is 12.1 Å². The fraction of sp³-hybridized carbons (Fsp3) is 0.400. The second-order valence-corrected chi connectivity index (χ2v) is 8.40. The molecule has 2 aliphatic heterocycles. The van der Waals surface area contributed by atoms with Crippen LogP contribution in [-0.2, 0) is 0 Å². The third-order valence-corrected chi connectivity index (χ3v) is 6.53. The molecule has 0 aromatic heterocycles. The Morgan fingerprint density at radius 2 is 1.50 bits per heavy atom. The van der Waals surface area contributed by atoms with Gasteiger partial charge in [0.05, 0.1) is 14.2 Å². The highest BCUT2D eigenvalue weighted by Crippen LogP contribution is 2.39. The van der Waals surface area contributed by atoms with Crippen LogP contribution in [0.25, 0.3) is 11.3 Å². The summed E-state index contributed by atoms with van der Waals surface area (Å²) in [6.45, 7) is 1.31. The quantitative estimate of drug-likeness (QED) is 0.545. The van der Waals surface area contributed by atoms with Crippen molar-refractivity contribution in [2.45, 2.75) is 25.3 Å². The van der Waals surface area contributed by atoms with Crippen molar-refractivity contribution < 1.29 is 19.5 Å². The molecule has 0 bridgehead atoms. The molecule has 1 atom stereocenters. The SMILES string of the molecule is COc1ccc(C2=C(c3ccc(OC)cc3)NC(C3CCN(C(=O)N(C)O)CC3)C2)cc1. The number of rotatable bonds is 5. The number of urea groups is 1. The van der Waals surface area contributed by atoms with Gasteiger partial charge < -0.3 is 19.7 Å². The zero-order valence-corrected chi connectivity index (χ0v) is 18.9. The van der Waals surface area contributed by atoms with Crippen molar-refractivity contribution in [3.8, 4) is 11.5 Å². The molecule has 0 radical (unpaired) electrons. The van der Waals surface area contributed by atoms with Gasteiger partial charge in [0.2, 0.25) is 0 Å². The van der Waals surface area contributed by atoms with Gasteiger partial charge in [0.15, 0.2) is 0 Å². The highest BCUT2D eigenvalue weighted by atomic mass is 16.5. The second-order valence-electron chi connectivity index (χ2n) is 8.40. The Balaban J connectivity index is 1.55. The van der Waals surface area contributed by atoms with Gasteiger partial charge in [0, 0.05) is 31.9 Å². The molecule has 1 fully saturated rings. The standard InChI is InChI=1S/C25H31N3O4/c1-27(30)25(29)28-14-12-18(13-15-28)23-16-22(17-4-8-20(31-2)9-5-17)24(26-23)19-6-10-21(32-3)11-7-19/h4-11,18,23,26,30H,12-16H2,1-3H3. The summed E-state index contributed by atoms with van der Waals surface area (Å²) in [5.74, 6) is 2.13. The van der Waals surface area contributed by atoms with Crippen LogP contribution < -0.4 is 14.8 Å². The Labute approximate surface area is 189 Å². The maximum atomic E-state index is 12.1. The Hall–Kier alpha value is -3.19. The largest absolute Gasteiger partial charge is 0.497 e. The van der Waals surface area contributed by atoms with Gasteiger partial charge in [-0.25, -0.2) is 9.86 Å². The fourth-order valence-corrected chi connectivity index (χ4v) is 4.70. The van der Waals surface area contributed by atoms with Gasteiger partial charge in [-0.3, -0.25) is 5.21 Å². The van der Waals surface area contributed by atoms with Crippen molar-refractivity contribution in [1.82, 2.24) is 15.3 Å². The monoisotopic (exact) mass is 437 g/mol. The van der Waals surface area contributed by atoms with E-state index >= 15 is 0 Å². The highest BCUT2D eigenvalue weighted by Gasteiger charge is 2.34. The van der Waals surface area contributed by atoms with Gasteiger partial charge in [0.1, 0.15) is 11.5 Å². The summed E-state index contributed by atoms with van der Waals surface area (Å²) >= 11 is 0. The van der Waals surface area contributed by atoms with Gasteiger partial charge in [-0.2, -0.15) is 0 Å². The smallest absolute Gasteiger partial charge is 0.343 e. The number of hydroxylamine groups is 2. The zero-order chi connectivity index (χ0) is 22.7. The lowest BCUT2D eigenvalue weighted by Crippen LogP contribution is -2.46. The van der Waals surface area contributed by atoms with Crippen molar-refractivity contribution in [1.29, 1.82) is 0 Å². The molecule has 2 N–H and O–H groups in total. The van der Waals surface area contributed by atoms with Crippen LogP contribution >= 0.6 is 0 Å². The molecule has 2 aromatic carbocycles.